The topological polar surface area (TPSA) is 95.9 Å². The lowest BCUT2D eigenvalue weighted by molar-refractivity contribution is -0.148. The highest BCUT2D eigenvalue weighted by Crippen LogP contribution is 2.32. The molecule has 0 saturated carbocycles. The summed E-state index contributed by atoms with van der Waals surface area (Å²) in [6.07, 6.45) is 1.52. The fourth-order valence-electron chi connectivity index (χ4n) is 3.49. The quantitative estimate of drug-likeness (QED) is 0.670. The standard InChI is InChI=1S/C22H23ClN2O5/c1-2-30-22(29)16-4-3-11-25(13-16)19-10-7-15(21(27)28)12-18(19)24-20(26)14-5-8-17(23)9-6-14/h5-10,12,16H,2-4,11,13H2,1H3,(H,24,26)(H,27,28)/t16-/m1/s1. The molecule has 1 heterocycles. The molecular formula is C22H23ClN2O5. The number of esters is 1. The van der Waals surface area contributed by atoms with Crippen LogP contribution in [0.5, 0.6) is 0 Å². The summed E-state index contributed by atoms with van der Waals surface area (Å²) in [5.74, 6) is -1.98. The summed E-state index contributed by atoms with van der Waals surface area (Å²) in [6, 6.07) is 11.0. The third-order valence-corrected chi connectivity index (χ3v) is 5.23. The largest absolute Gasteiger partial charge is 0.478 e. The Morgan fingerprint density at radius 3 is 2.53 bits per heavy atom. The van der Waals surface area contributed by atoms with Crippen LogP contribution in [0.1, 0.15) is 40.5 Å². The average Bonchev–Trinajstić information content (AvgIpc) is 2.74. The number of halogens is 1. The summed E-state index contributed by atoms with van der Waals surface area (Å²) in [4.78, 5) is 38.3. The van der Waals surface area contributed by atoms with Gasteiger partial charge in [0.25, 0.3) is 5.91 Å². The van der Waals surface area contributed by atoms with Gasteiger partial charge in [0, 0.05) is 23.7 Å². The van der Waals surface area contributed by atoms with Crippen molar-refractivity contribution in [3.05, 3.63) is 58.6 Å². The van der Waals surface area contributed by atoms with E-state index < -0.39 is 5.97 Å². The lowest BCUT2D eigenvalue weighted by Gasteiger charge is -2.34. The number of carbonyl (C=O) groups is 3. The molecule has 1 aliphatic rings. The predicted octanol–water partition coefficient (Wildman–Crippen LogP) is 4.07. The van der Waals surface area contributed by atoms with Crippen molar-refractivity contribution in [1.82, 2.24) is 0 Å². The van der Waals surface area contributed by atoms with E-state index in [-0.39, 0.29) is 23.4 Å². The molecule has 0 bridgehead atoms. The molecule has 3 rings (SSSR count). The zero-order valence-corrected chi connectivity index (χ0v) is 17.3. The van der Waals surface area contributed by atoms with E-state index in [1.807, 2.05) is 4.90 Å². The highest BCUT2D eigenvalue weighted by atomic mass is 35.5. The second kappa shape index (κ2) is 9.63. The Labute approximate surface area is 179 Å². The maximum atomic E-state index is 12.7. The molecule has 0 aromatic heterocycles. The molecule has 1 fully saturated rings. The third kappa shape index (κ3) is 5.10. The van der Waals surface area contributed by atoms with E-state index in [2.05, 4.69) is 5.32 Å². The first-order chi connectivity index (χ1) is 14.4. The van der Waals surface area contributed by atoms with Crippen molar-refractivity contribution in [2.75, 3.05) is 29.9 Å². The summed E-state index contributed by atoms with van der Waals surface area (Å²) < 4.78 is 5.15. The molecule has 0 radical (unpaired) electrons. The lowest BCUT2D eigenvalue weighted by atomic mass is 9.97. The summed E-state index contributed by atoms with van der Waals surface area (Å²) in [6.45, 7) is 3.22. The molecule has 7 nitrogen and oxygen atoms in total. The Kier molecular flexibility index (Phi) is 6.95. The van der Waals surface area contributed by atoms with Crippen molar-refractivity contribution in [3.63, 3.8) is 0 Å². The van der Waals surface area contributed by atoms with Crippen LogP contribution in [0.3, 0.4) is 0 Å². The van der Waals surface area contributed by atoms with Gasteiger partial charge in [-0.05, 0) is 62.2 Å². The van der Waals surface area contributed by atoms with E-state index >= 15 is 0 Å². The SMILES string of the molecule is CCOC(=O)[C@@H]1CCCN(c2ccc(C(=O)O)cc2NC(=O)c2ccc(Cl)cc2)C1. The van der Waals surface area contributed by atoms with Gasteiger partial charge >= 0.3 is 11.9 Å². The van der Waals surface area contributed by atoms with Crippen molar-refractivity contribution < 1.29 is 24.2 Å². The summed E-state index contributed by atoms with van der Waals surface area (Å²) in [7, 11) is 0. The molecule has 1 aliphatic heterocycles. The van der Waals surface area contributed by atoms with Crippen LogP contribution in [0.25, 0.3) is 0 Å². The van der Waals surface area contributed by atoms with Gasteiger partial charge in [-0.2, -0.15) is 0 Å². The van der Waals surface area contributed by atoms with Crippen molar-refractivity contribution in [2.45, 2.75) is 19.8 Å². The van der Waals surface area contributed by atoms with Crippen molar-refractivity contribution >= 4 is 40.8 Å². The fourth-order valence-corrected chi connectivity index (χ4v) is 3.62. The predicted molar refractivity (Wildman–Crippen MR) is 114 cm³/mol. The van der Waals surface area contributed by atoms with Gasteiger partial charge in [-0.1, -0.05) is 11.6 Å². The number of anilines is 2. The number of ether oxygens (including phenoxy) is 1. The molecule has 1 atom stereocenters. The molecule has 30 heavy (non-hydrogen) atoms. The number of piperidine rings is 1. The van der Waals surface area contributed by atoms with Crippen LogP contribution >= 0.6 is 11.6 Å². The van der Waals surface area contributed by atoms with E-state index in [1.54, 1.807) is 37.3 Å². The Balaban J connectivity index is 1.88. The molecule has 0 unspecified atom stereocenters. The number of amides is 1. The molecule has 158 valence electrons. The molecule has 2 aromatic rings. The van der Waals surface area contributed by atoms with Gasteiger partial charge < -0.3 is 20.1 Å². The van der Waals surface area contributed by atoms with E-state index in [4.69, 9.17) is 16.3 Å². The van der Waals surface area contributed by atoms with Gasteiger partial charge in [0.1, 0.15) is 0 Å². The molecule has 2 aromatic carbocycles. The maximum absolute atomic E-state index is 12.7. The number of nitrogens with one attached hydrogen (secondary N) is 1. The van der Waals surface area contributed by atoms with Gasteiger partial charge in [-0.3, -0.25) is 9.59 Å². The first-order valence-corrected chi connectivity index (χ1v) is 10.1. The monoisotopic (exact) mass is 430 g/mol. The Morgan fingerprint density at radius 2 is 1.87 bits per heavy atom. The van der Waals surface area contributed by atoms with Crippen molar-refractivity contribution in [2.24, 2.45) is 5.92 Å². The summed E-state index contributed by atoms with van der Waals surface area (Å²) >= 11 is 5.88. The maximum Gasteiger partial charge on any atom is 0.335 e. The van der Waals surface area contributed by atoms with E-state index in [0.29, 0.717) is 41.7 Å². The van der Waals surface area contributed by atoms with Gasteiger partial charge in [-0.15, -0.1) is 0 Å². The Morgan fingerprint density at radius 1 is 1.17 bits per heavy atom. The van der Waals surface area contributed by atoms with Gasteiger partial charge in [0.2, 0.25) is 0 Å². The number of rotatable bonds is 6. The van der Waals surface area contributed by atoms with Gasteiger partial charge in [-0.25, -0.2) is 4.79 Å². The number of nitrogens with zero attached hydrogens (tertiary/aromatic N) is 1. The number of aromatic carboxylic acids is 1. The van der Waals surface area contributed by atoms with Crippen LogP contribution in [0.15, 0.2) is 42.5 Å². The number of hydrogen-bond acceptors (Lipinski definition) is 5. The zero-order chi connectivity index (χ0) is 21.7. The second-order valence-corrected chi connectivity index (χ2v) is 7.47. The minimum absolute atomic E-state index is 0.0594. The van der Waals surface area contributed by atoms with Crippen LogP contribution in [0.2, 0.25) is 5.02 Å². The molecule has 2 N–H and O–H groups in total. The zero-order valence-electron chi connectivity index (χ0n) is 16.6. The number of hydrogen-bond donors (Lipinski definition) is 2. The van der Waals surface area contributed by atoms with Gasteiger partial charge in [0.05, 0.1) is 29.5 Å². The fraction of sp³-hybridized carbons (Fsp3) is 0.318. The van der Waals surface area contributed by atoms with Gasteiger partial charge in [0.15, 0.2) is 0 Å². The van der Waals surface area contributed by atoms with Crippen LogP contribution < -0.4 is 10.2 Å². The minimum atomic E-state index is -1.09. The molecule has 0 aliphatic carbocycles. The second-order valence-electron chi connectivity index (χ2n) is 7.04. The van der Waals surface area contributed by atoms with E-state index in [1.165, 1.54) is 12.1 Å². The van der Waals surface area contributed by atoms with Crippen LogP contribution in [-0.2, 0) is 9.53 Å². The first kappa shape index (κ1) is 21.6. The molecule has 8 heteroatoms. The normalized spacial score (nSPS) is 16.1. The first-order valence-electron chi connectivity index (χ1n) is 9.75. The van der Waals surface area contributed by atoms with Crippen LogP contribution in [0, 0.1) is 5.92 Å². The number of carbonyl (C=O) groups excluding carboxylic acids is 2. The van der Waals surface area contributed by atoms with Crippen LogP contribution in [-0.4, -0.2) is 42.6 Å². The Bertz CT molecular complexity index is 945. The molecular weight excluding hydrogens is 408 g/mol. The highest BCUT2D eigenvalue weighted by molar-refractivity contribution is 6.30. The minimum Gasteiger partial charge on any atom is -0.478 e. The molecule has 1 saturated heterocycles. The number of carboxylic acids is 1. The average molecular weight is 431 g/mol. The molecule has 1 amide bonds. The Hall–Kier alpha value is -3.06. The van der Waals surface area contributed by atoms with E-state index in [0.717, 1.165) is 12.8 Å². The van der Waals surface area contributed by atoms with Crippen molar-refractivity contribution in [1.29, 1.82) is 0 Å². The summed E-state index contributed by atoms with van der Waals surface area (Å²) in [5.41, 5.74) is 1.49. The highest BCUT2D eigenvalue weighted by Gasteiger charge is 2.28. The third-order valence-electron chi connectivity index (χ3n) is 4.98. The number of carboxylic acid groups (broad SMARTS) is 1. The van der Waals surface area contributed by atoms with E-state index in [9.17, 15) is 19.5 Å². The lowest BCUT2D eigenvalue weighted by Crippen LogP contribution is -2.39. The summed E-state index contributed by atoms with van der Waals surface area (Å²) in [5, 5.41) is 12.7. The van der Waals surface area contributed by atoms with Crippen LogP contribution in [0.4, 0.5) is 11.4 Å². The molecule has 0 spiro atoms. The smallest absolute Gasteiger partial charge is 0.335 e. The number of benzene rings is 2. The van der Waals surface area contributed by atoms with Crippen molar-refractivity contribution in [3.8, 4) is 0 Å².